The fraction of sp³-hybridized carbons (Fsp3) is 0.400. The molecule has 1 aromatic rings. The molecule has 0 aromatic heterocycles. The predicted molar refractivity (Wildman–Crippen MR) is 49.0 cm³/mol. The molecule has 0 aliphatic carbocycles. The lowest BCUT2D eigenvalue weighted by molar-refractivity contribution is 0.822. The number of rotatable bonds is 1. The summed E-state index contributed by atoms with van der Waals surface area (Å²) in [5, 5.41) is 0. The first-order chi connectivity index (χ1) is 5.47. The normalized spacial score (nSPS) is 23.8. The van der Waals surface area contributed by atoms with Crippen molar-refractivity contribution in [1.29, 1.82) is 0 Å². The zero-order valence-corrected chi connectivity index (χ0v) is 7.59. The van der Waals surface area contributed by atoms with Crippen LogP contribution in [0.3, 0.4) is 0 Å². The van der Waals surface area contributed by atoms with E-state index in [1.807, 2.05) is 0 Å². The van der Waals surface area contributed by atoms with Gasteiger partial charge in [0.15, 0.2) is 0 Å². The largest absolute Gasteiger partial charge is 0.0622 e. The second-order valence-electron chi connectivity index (χ2n) is 3.06. The van der Waals surface area contributed by atoms with Crippen molar-refractivity contribution in [2.24, 2.45) is 0 Å². The third-order valence-corrected chi connectivity index (χ3v) is 4.02. The van der Waals surface area contributed by atoms with Crippen LogP contribution in [-0.4, -0.2) is 9.52 Å². The summed E-state index contributed by atoms with van der Waals surface area (Å²) in [6, 6.07) is 12.4. The standard InChI is InChI=1S/C10H12Si/c1-2-5-9(6-3-1)10-7-4-8-11-10/h1-3,5-6,10H,4,7-8H2. The average Bonchev–Trinajstić information content (AvgIpc) is 2.58. The van der Waals surface area contributed by atoms with E-state index < -0.39 is 0 Å². The topological polar surface area (TPSA) is 0 Å². The van der Waals surface area contributed by atoms with Crippen LogP contribution in [0.25, 0.3) is 0 Å². The van der Waals surface area contributed by atoms with E-state index in [2.05, 4.69) is 30.3 Å². The van der Waals surface area contributed by atoms with E-state index in [9.17, 15) is 0 Å². The molecule has 1 saturated heterocycles. The summed E-state index contributed by atoms with van der Waals surface area (Å²) in [5.74, 6) is 0. The Balaban J connectivity index is 2.16. The first-order valence-corrected chi connectivity index (χ1v) is 5.53. The quantitative estimate of drug-likeness (QED) is 0.554. The summed E-state index contributed by atoms with van der Waals surface area (Å²) in [6.45, 7) is 0. The van der Waals surface area contributed by atoms with Crippen LogP contribution in [-0.2, 0) is 0 Å². The number of hydrogen-bond acceptors (Lipinski definition) is 0. The molecule has 0 bridgehead atoms. The second-order valence-corrected chi connectivity index (χ2v) is 4.66. The van der Waals surface area contributed by atoms with Gasteiger partial charge < -0.3 is 0 Å². The van der Waals surface area contributed by atoms with Gasteiger partial charge in [0, 0.05) is 9.52 Å². The van der Waals surface area contributed by atoms with E-state index in [1.165, 1.54) is 28.4 Å². The van der Waals surface area contributed by atoms with Crippen LogP contribution >= 0.6 is 0 Å². The van der Waals surface area contributed by atoms with Crippen LogP contribution < -0.4 is 0 Å². The van der Waals surface area contributed by atoms with Gasteiger partial charge in [0.25, 0.3) is 0 Å². The Kier molecular flexibility index (Phi) is 2.08. The van der Waals surface area contributed by atoms with Crippen LogP contribution in [0.4, 0.5) is 0 Å². The molecule has 2 radical (unpaired) electrons. The highest BCUT2D eigenvalue weighted by Crippen LogP contribution is 2.27. The van der Waals surface area contributed by atoms with Crippen molar-refractivity contribution in [3.05, 3.63) is 35.9 Å². The zero-order valence-electron chi connectivity index (χ0n) is 6.59. The lowest BCUT2D eigenvalue weighted by Crippen LogP contribution is -1.98. The Morgan fingerprint density at radius 3 is 2.64 bits per heavy atom. The van der Waals surface area contributed by atoms with Crippen LogP contribution in [0.2, 0.25) is 6.04 Å². The summed E-state index contributed by atoms with van der Waals surface area (Å²) in [7, 11) is 1.18. The smallest absolute Gasteiger partial charge is 0.0472 e. The van der Waals surface area contributed by atoms with Crippen molar-refractivity contribution in [3.8, 4) is 0 Å². The zero-order chi connectivity index (χ0) is 7.52. The van der Waals surface area contributed by atoms with Crippen molar-refractivity contribution in [1.82, 2.24) is 0 Å². The van der Waals surface area contributed by atoms with E-state index in [4.69, 9.17) is 0 Å². The van der Waals surface area contributed by atoms with Gasteiger partial charge in [-0.25, -0.2) is 0 Å². The van der Waals surface area contributed by atoms with Crippen molar-refractivity contribution >= 4 is 9.52 Å². The molecule has 0 spiro atoms. The summed E-state index contributed by atoms with van der Waals surface area (Å²) < 4.78 is 0. The molecule has 1 aliphatic heterocycles. The van der Waals surface area contributed by atoms with Crippen LogP contribution in [0, 0.1) is 0 Å². The van der Waals surface area contributed by atoms with Gasteiger partial charge in [-0.3, -0.25) is 0 Å². The van der Waals surface area contributed by atoms with Gasteiger partial charge in [0.2, 0.25) is 0 Å². The Morgan fingerprint density at radius 2 is 2.00 bits per heavy atom. The highest BCUT2D eigenvalue weighted by Gasteiger charge is 2.16. The third kappa shape index (κ3) is 1.54. The lowest BCUT2D eigenvalue weighted by Gasteiger charge is -2.06. The van der Waals surface area contributed by atoms with Crippen molar-refractivity contribution in [2.45, 2.75) is 24.4 Å². The Hall–Kier alpha value is -0.563. The van der Waals surface area contributed by atoms with Crippen molar-refractivity contribution in [2.75, 3.05) is 0 Å². The minimum absolute atomic E-state index is 0.899. The fourth-order valence-corrected chi connectivity index (χ4v) is 3.25. The number of benzene rings is 1. The Morgan fingerprint density at radius 1 is 1.18 bits per heavy atom. The second kappa shape index (κ2) is 3.22. The van der Waals surface area contributed by atoms with E-state index in [0.29, 0.717) is 0 Å². The minimum Gasteiger partial charge on any atom is -0.0622 e. The maximum Gasteiger partial charge on any atom is 0.0472 e. The Labute approximate surface area is 70.5 Å². The molecule has 1 atom stereocenters. The highest BCUT2D eigenvalue weighted by atomic mass is 28.2. The highest BCUT2D eigenvalue weighted by molar-refractivity contribution is 6.38. The van der Waals surface area contributed by atoms with Gasteiger partial charge in [0.05, 0.1) is 0 Å². The molecule has 1 heterocycles. The van der Waals surface area contributed by atoms with Crippen molar-refractivity contribution < 1.29 is 0 Å². The molecule has 1 aliphatic rings. The minimum atomic E-state index is 0.899. The van der Waals surface area contributed by atoms with Crippen molar-refractivity contribution in [3.63, 3.8) is 0 Å². The van der Waals surface area contributed by atoms with Gasteiger partial charge in [0.1, 0.15) is 0 Å². The SMILES string of the molecule is c1ccc(C2CCC[Si]2)cc1. The summed E-state index contributed by atoms with van der Waals surface area (Å²) >= 11 is 0. The first kappa shape index (κ1) is 7.11. The van der Waals surface area contributed by atoms with Gasteiger partial charge in [-0.2, -0.15) is 0 Å². The molecule has 1 fully saturated rings. The molecule has 11 heavy (non-hydrogen) atoms. The molecular formula is C10H12Si. The molecule has 2 rings (SSSR count). The first-order valence-electron chi connectivity index (χ1n) is 4.25. The van der Waals surface area contributed by atoms with E-state index in [1.54, 1.807) is 5.56 Å². The average molecular weight is 160 g/mol. The van der Waals surface area contributed by atoms with Gasteiger partial charge in [-0.05, 0) is 17.5 Å². The van der Waals surface area contributed by atoms with Crippen LogP contribution in [0.15, 0.2) is 30.3 Å². The summed E-state index contributed by atoms with van der Waals surface area (Å²) in [6.07, 6.45) is 2.86. The lowest BCUT2D eigenvalue weighted by atomic mass is 10.1. The molecule has 1 aromatic carbocycles. The summed E-state index contributed by atoms with van der Waals surface area (Å²) in [5.41, 5.74) is 2.46. The van der Waals surface area contributed by atoms with Crippen LogP contribution in [0.1, 0.15) is 23.9 Å². The third-order valence-electron chi connectivity index (χ3n) is 2.26. The maximum atomic E-state index is 2.27. The molecular weight excluding hydrogens is 148 g/mol. The molecule has 1 heteroatoms. The molecule has 0 amide bonds. The van der Waals surface area contributed by atoms with Gasteiger partial charge in [-0.15, -0.1) is 0 Å². The van der Waals surface area contributed by atoms with Gasteiger partial charge in [-0.1, -0.05) is 42.8 Å². The Bertz CT molecular complexity index is 212. The maximum absolute atomic E-state index is 2.27. The molecule has 0 N–H and O–H groups in total. The predicted octanol–water partition coefficient (Wildman–Crippen LogP) is 2.64. The fourth-order valence-electron chi connectivity index (χ4n) is 1.65. The van der Waals surface area contributed by atoms with E-state index in [0.717, 1.165) is 5.54 Å². The molecule has 1 unspecified atom stereocenters. The number of hydrogen-bond donors (Lipinski definition) is 0. The van der Waals surface area contributed by atoms with E-state index >= 15 is 0 Å². The molecule has 0 saturated carbocycles. The summed E-state index contributed by atoms with van der Waals surface area (Å²) in [4.78, 5) is 0. The monoisotopic (exact) mass is 160 g/mol. The van der Waals surface area contributed by atoms with E-state index in [-0.39, 0.29) is 0 Å². The van der Waals surface area contributed by atoms with Gasteiger partial charge >= 0.3 is 0 Å². The van der Waals surface area contributed by atoms with Crippen LogP contribution in [0.5, 0.6) is 0 Å². The molecule has 56 valence electrons. The molecule has 0 nitrogen and oxygen atoms in total.